The fourth-order valence-corrected chi connectivity index (χ4v) is 3.48. The molecule has 1 aromatic carbocycles. The highest BCUT2D eigenvalue weighted by Gasteiger charge is 2.34. The molecular formula is C16H23N3O2. The van der Waals surface area contributed by atoms with Gasteiger partial charge in [-0.1, -0.05) is 6.07 Å². The Kier molecular flexibility index (Phi) is 4.29. The van der Waals surface area contributed by atoms with Gasteiger partial charge in [-0.25, -0.2) is 4.79 Å². The van der Waals surface area contributed by atoms with Crippen LogP contribution in [0.25, 0.3) is 0 Å². The highest BCUT2D eigenvalue weighted by Crippen LogP contribution is 2.32. The number of carbonyl (C=O) groups is 1. The summed E-state index contributed by atoms with van der Waals surface area (Å²) in [6, 6.07) is 7.56. The second-order valence-corrected chi connectivity index (χ2v) is 6.02. The largest absolute Gasteiger partial charge is 0.497 e. The maximum Gasteiger partial charge on any atom is 0.319 e. The van der Waals surface area contributed by atoms with Crippen LogP contribution in [-0.2, 0) is 0 Å². The van der Waals surface area contributed by atoms with E-state index >= 15 is 0 Å². The molecule has 1 aliphatic heterocycles. The Morgan fingerprint density at radius 2 is 2.14 bits per heavy atom. The summed E-state index contributed by atoms with van der Waals surface area (Å²) in [5.41, 5.74) is 0.753. The molecule has 1 saturated carbocycles. The predicted molar refractivity (Wildman–Crippen MR) is 82.6 cm³/mol. The summed E-state index contributed by atoms with van der Waals surface area (Å²) in [5, 5.41) is 9.43. The van der Waals surface area contributed by atoms with Crippen LogP contribution in [0.4, 0.5) is 10.5 Å². The molecule has 1 heterocycles. The first kappa shape index (κ1) is 14.2. The van der Waals surface area contributed by atoms with Gasteiger partial charge in [0.15, 0.2) is 0 Å². The van der Waals surface area contributed by atoms with Crippen molar-refractivity contribution in [3.8, 4) is 5.75 Å². The highest BCUT2D eigenvalue weighted by atomic mass is 16.5. The van der Waals surface area contributed by atoms with E-state index in [9.17, 15) is 4.79 Å². The molecule has 0 spiro atoms. The van der Waals surface area contributed by atoms with Gasteiger partial charge in [0.25, 0.3) is 0 Å². The minimum atomic E-state index is -0.127. The number of fused-ring (bicyclic) bond motifs is 1. The molecule has 2 fully saturated rings. The first-order valence-corrected chi connectivity index (χ1v) is 7.67. The van der Waals surface area contributed by atoms with Crippen LogP contribution in [0, 0.1) is 11.8 Å². The third-order valence-corrected chi connectivity index (χ3v) is 4.62. The Morgan fingerprint density at radius 1 is 1.29 bits per heavy atom. The summed E-state index contributed by atoms with van der Waals surface area (Å²) in [5.74, 6) is 2.27. The first-order chi connectivity index (χ1) is 10.2. The lowest BCUT2D eigenvalue weighted by Crippen LogP contribution is -2.42. The summed E-state index contributed by atoms with van der Waals surface area (Å²) in [4.78, 5) is 12.1. The van der Waals surface area contributed by atoms with E-state index in [0.717, 1.165) is 49.2 Å². The maximum absolute atomic E-state index is 12.1. The first-order valence-electron chi connectivity index (χ1n) is 7.67. The average molecular weight is 289 g/mol. The number of hydrogen-bond donors (Lipinski definition) is 3. The van der Waals surface area contributed by atoms with Gasteiger partial charge >= 0.3 is 6.03 Å². The van der Waals surface area contributed by atoms with Crippen molar-refractivity contribution in [3.63, 3.8) is 0 Å². The molecule has 0 bridgehead atoms. The smallest absolute Gasteiger partial charge is 0.319 e. The Balaban J connectivity index is 1.51. The molecule has 1 aliphatic carbocycles. The van der Waals surface area contributed by atoms with E-state index in [2.05, 4.69) is 16.0 Å². The number of nitrogens with one attached hydrogen (secondary N) is 3. The van der Waals surface area contributed by atoms with Gasteiger partial charge < -0.3 is 20.7 Å². The van der Waals surface area contributed by atoms with E-state index < -0.39 is 0 Å². The minimum absolute atomic E-state index is 0.127. The molecule has 3 atom stereocenters. The Labute approximate surface area is 125 Å². The second-order valence-electron chi connectivity index (χ2n) is 6.02. The molecular weight excluding hydrogens is 266 g/mol. The number of ether oxygens (including phenoxy) is 1. The van der Waals surface area contributed by atoms with Crippen LogP contribution < -0.4 is 20.7 Å². The van der Waals surface area contributed by atoms with Crippen molar-refractivity contribution in [3.05, 3.63) is 24.3 Å². The van der Waals surface area contributed by atoms with E-state index in [1.807, 2.05) is 24.3 Å². The molecule has 3 rings (SSSR count). The summed E-state index contributed by atoms with van der Waals surface area (Å²) in [6.45, 7) is 2.24. The molecule has 1 aromatic rings. The van der Waals surface area contributed by atoms with Gasteiger partial charge in [0.2, 0.25) is 0 Å². The molecule has 0 radical (unpaired) electrons. The quantitative estimate of drug-likeness (QED) is 0.799. The van der Waals surface area contributed by atoms with E-state index in [1.54, 1.807) is 7.11 Å². The predicted octanol–water partition coefficient (Wildman–Crippen LogP) is 2.20. The lowest BCUT2D eigenvalue weighted by Gasteiger charge is -2.31. The minimum Gasteiger partial charge on any atom is -0.497 e. The SMILES string of the molecule is COc1cccc(NC(=O)NC2CC[C@H]3CNC[C@H]3C2)c1. The normalized spacial score (nSPS) is 27.8. The molecule has 5 heteroatoms. The van der Waals surface area contributed by atoms with Crippen molar-refractivity contribution in [2.75, 3.05) is 25.5 Å². The zero-order valence-electron chi connectivity index (χ0n) is 12.4. The summed E-state index contributed by atoms with van der Waals surface area (Å²) in [6.07, 6.45) is 3.37. The molecule has 5 nitrogen and oxygen atoms in total. The molecule has 2 amide bonds. The topological polar surface area (TPSA) is 62.4 Å². The molecule has 3 N–H and O–H groups in total. The number of benzene rings is 1. The van der Waals surface area contributed by atoms with Crippen molar-refractivity contribution in [2.24, 2.45) is 11.8 Å². The van der Waals surface area contributed by atoms with Gasteiger partial charge in [0.1, 0.15) is 5.75 Å². The van der Waals surface area contributed by atoms with Crippen LogP contribution in [0.15, 0.2) is 24.3 Å². The third-order valence-electron chi connectivity index (χ3n) is 4.62. The zero-order chi connectivity index (χ0) is 14.7. The fraction of sp³-hybridized carbons (Fsp3) is 0.562. The second kappa shape index (κ2) is 6.35. The van der Waals surface area contributed by atoms with Crippen molar-refractivity contribution in [1.82, 2.24) is 10.6 Å². The van der Waals surface area contributed by atoms with Gasteiger partial charge in [-0.3, -0.25) is 0 Å². The summed E-state index contributed by atoms with van der Waals surface area (Å²) in [7, 11) is 1.62. The van der Waals surface area contributed by atoms with Gasteiger partial charge in [0, 0.05) is 17.8 Å². The van der Waals surface area contributed by atoms with E-state index in [4.69, 9.17) is 4.74 Å². The number of amides is 2. The van der Waals surface area contributed by atoms with E-state index in [-0.39, 0.29) is 12.1 Å². The molecule has 21 heavy (non-hydrogen) atoms. The lowest BCUT2D eigenvalue weighted by molar-refractivity contribution is 0.224. The number of methoxy groups -OCH3 is 1. The molecule has 114 valence electrons. The van der Waals surface area contributed by atoms with Crippen LogP contribution in [0.1, 0.15) is 19.3 Å². The molecule has 1 unspecified atom stereocenters. The number of rotatable bonds is 3. The Bertz CT molecular complexity index is 506. The summed E-state index contributed by atoms with van der Waals surface area (Å²) < 4.78 is 5.16. The number of anilines is 1. The van der Waals surface area contributed by atoms with Crippen LogP contribution in [0.5, 0.6) is 5.75 Å². The van der Waals surface area contributed by atoms with E-state index in [0.29, 0.717) is 0 Å². The van der Waals surface area contributed by atoms with Crippen LogP contribution in [0.2, 0.25) is 0 Å². The Morgan fingerprint density at radius 3 is 3.00 bits per heavy atom. The third kappa shape index (κ3) is 3.47. The van der Waals surface area contributed by atoms with E-state index in [1.165, 1.54) is 6.42 Å². The lowest BCUT2D eigenvalue weighted by atomic mass is 9.79. The van der Waals surface area contributed by atoms with Crippen molar-refractivity contribution >= 4 is 11.7 Å². The highest BCUT2D eigenvalue weighted by molar-refractivity contribution is 5.89. The average Bonchev–Trinajstić information content (AvgIpc) is 2.95. The fourth-order valence-electron chi connectivity index (χ4n) is 3.48. The van der Waals surface area contributed by atoms with Crippen LogP contribution >= 0.6 is 0 Å². The monoisotopic (exact) mass is 289 g/mol. The van der Waals surface area contributed by atoms with Gasteiger partial charge in [0.05, 0.1) is 7.11 Å². The van der Waals surface area contributed by atoms with Crippen LogP contribution in [-0.4, -0.2) is 32.3 Å². The number of hydrogen-bond acceptors (Lipinski definition) is 3. The molecule has 0 aromatic heterocycles. The maximum atomic E-state index is 12.1. The standard InChI is InChI=1S/C16H23N3O2/c1-21-15-4-2-3-13(8-15)18-16(20)19-14-6-5-11-9-17-10-12(11)7-14/h2-4,8,11-12,14,17H,5-7,9-10H2,1H3,(H2,18,19,20)/t11-,12+,14?/m0/s1. The van der Waals surface area contributed by atoms with Crippen molar-refractivity contribution in [2.45, 2.75) is 25.3 Å². The number of carbonyl (C=O) groups excluding carboxylic acids is 1. The molecule has 2 aliphatic rings. The zero-order valence-corrected chi connectivity index (χ0v) is 12.4. The van der Waals surface area contributed by atoms with Crippen LogP contribution in [0.3, 0.4) is 0 Å². The Hall–Kier alpha value is -1.75. The number of urea groups is 1. The van der Waals surface area contributed by atoms with Gasteiger partial charge in [-0.2, -0.15) is 0 Å². The van der Waals surface area contributed by atoms with Crippen molar-refractivity contribution < 1.29 is 9.53 Å². The van der Waals surface area contributed by atoms with Crippen molar-refractivity contribution in [1.29, 1.82) is 0 Å². The van der Waals surface area contributed by atoms with Gasteiger partial charge in [-0.05, 0) is 56.3 Å². The molecule has 1 saturated heterocycles. The summed E-state index contributed by atoms with van der Waals surface area (Å²) >= 11 is 0. The van der Waals surface area contributed by atoms with Gasteiger partial charge in [-0.15, -0.1) is 0 Å².